The van der Waals surface area contributed by atoms with E-state index in [9.17, 15) is 13.0 Å². The number of benzene rings is 3. The minimum Gasteiger partial charge on any atom is -0.494 e. The molecule has 20 nitrogen and oxygen atoms in total. The molecule has 0 fully saturated rings. The standard InChI is InChI=1S/C43H43N13O7S7/c1-8-55(9-2)27-15-23(25(17-29(27)60-4)49-51-35-31-33(62-6)39(64)66-37(31)53-68-35)44-41-46-42-45-24-16-28(56(10-3)19-21-12-11-13-22(14-21)20-65-43(47-41)48-42)30(61-5)18-26(24)50-52-36-32-34(63-7)40(70(57,58)59)67-38(32)54-69-36/h11-18,64H,8-10,19-20H2,1-7H3,(H,57,58,59)(H2,44,45,46,47,48). The van der Waals surface area contributed by atoms with Crippen LogP contribution >= 0.6 is 70.1 Å². The summed E-state index contributed by atoms with van der Waals surface area (Å²) in [6, 6.07) is 15.8. The van der Waals surface area contributed by atoms with Crippen molar-refractivity contribution in [3.63, 3.8) is 0 Å². The van der Waals surface area contributed by atoms with E-state index in [-0.39, 0.29) is 26.9 Å². The van der Waals surface area contributed by atoms with Gasteiger partial charge in [0.15, 0.2) is 30.9 Å². The van der Waals surface area contributed by atoms with Gasteiger partial charge >= 0.3 is 10.1 Å². The Morgan fingerprint density at radius 1 is 0.814 bits per heavy atom. The van der Waals surface area contributed by atoms with Gasteiger partial charge in [0.25, 0.3) is 0 Å². The van der Waals surface area contributed by atoms with Crippen molar-refractivity contribution < 1.29 is 31.9 Å². The molecule has 0 unspecified atom stereocenters. The number of hydrogen-bond donors (Lipinski definition) is 4. The van der Waals surface area contributed by atoms with E-state index < -0.39 is 10.1 Å². The minimum atomic E-state index is -4.61. The monoisotopic (exact) mass is 1080 g/mol. The van der Waals surface area contributed by atoms with Crippen molar-refractivity contribution in [2.45, 2.75) is 46.6 Å². The number of anilines is 6. The molecule has 6 bridgehead atoms. The summed E-state index contributed by atoms with van der Waals surface area (Å²) >= 11 is 10.4. The first-order valence-electron chi connectivity index (χ1n) is 21.2. The Morgan fingerprint density at radius 2 is 1.49 bits per heavy atom. The molecule has 0 spiro atoms. The molecule has 364 valence electrons. The van der Waals surface area contributed by atoms with Crippen molar-refractivity contribution in [1.82, 2.24) is 23.7 Å². The van der Waals surface area contributed by atoms with Crippen LogP contribution in [0.15, 0.2) is 82.6 Å². The molecule has 5 aromatic heterocycles. The fourth-order valence-electron chi connectivity index (χ4n) is 7.62. The number of methoxy groups -OCH3 is 4. The third-order valence-electron chi connectivity index (χ3n) is 10.9. The van der Waals surface area contributed by atoms with Crippen molar-refractivity contribution in [2.24, 2.45) is 20.5 Å². The quantitative estimate of drug-likeness (QED) is 0.0424. The van der Waals surface area contributed by atoms with Gasteiger partial charge in [-0.1, -0.05) is 47.4 Å². The van der Waals surface area contributed by atoms with Gasteiger partial charge in [0.2, 0.25) is 11.9 Å². The Balaban J connectivity index is 1.18. The Bertz CT molecular complexity index is 3430. The first-order chi connectivity index (χ1) is 33.9. The molecule has 8 aromatic rings. The predicted octanol–water partition coefficient (Wildman–Crippen LogP) is 12.6. The fraction of sp³-hybridized carbons (Fsp3) is 0.279. The summed E-state index contributed by atoms with van der Waals surface area (Å²) in [5, 5.41) is 27.8. The average molecular weight is 1080 g/mol. The largest absolute Gasteiger partial charge is 0.494 e. The Morgan fingerprint density at radius 3 is 2.16 bits per heavy atom. The topological polar surface area (TPSA) is 236 Å². The zero-order valence-corrected chi connectivity index (χ0v) is 44.2. The number of thiophene rings is 2. The van der Waals surface area contributed by atoms with Gasteiger partial charge in [-0.25, -0.2) is 0 Å². The van der Waals surface area contributed by atoms with E-state index in [1.165, 1.54) is 41.7 Å². The molecule has 0 radical (unpaired) electrons. The van der Waals surface area contributed by atoms with E-state index in [0.29, 0.717) is 96.5 Å². The molecule has 27 heteroatoms. The van der Waals surface area contributed by atoms with Crippen molar-refractivity contribution in [3.8, 4) is 23.0 Å². The molecule has 3 N–H and O–H groups in total. The van der Waals surface area contributed by atoms with Gasteiger partial charge < -0.3 is 39.4 Å². The SMILES string of the molecule is CCN(CC)c1cc(Nc2nc3nc(n2)SCc2cccc(c2)CN(CC)c2cc(c(N=Nc4snc5sc(S(=O)(=O)O)c(OC)c45)cc2OC)N3)c(N=Nc2snc3sc(S)c(OC)c23)cc1OC. The van der Waals surface area contributed by atoms with Gasteiger partial charge in [0, 0.05) is 44.1 Å². The van der Waals surface area contributed by atoms with Crippen molar-refractivity contribution >= 4 is 157 Å². The molecule has 70 heavy (non-hydrogen) atoms. The first-order valence-corrected chi connectivity index (χ1v) is 27.3. The fourth-order valence-corrected chi connectivity index (χ4v) is 13.3. The van der Waals surface area contributed by atoms with Gasteiger partial charge in [-0.3, -0.25) is 4.55 Å². The zero-order valence-electron chi connectivity index (χ0n) is 38.4. The van der Waals surface area contributed by atoms with Crippen LogP contribution in [0.3, 0.4) is 0 Å². The van der Waals surface area contributed by atoms with Gasteiger partial charge in [0.05, 0.1) is 62.0 Å². The number of thiol groups is 1. The number of nitrogens with zero attached hydrogens (tertiary/aromatic N) is 11. The highest BCUT2D eigenvalue weighted by molar-refractivity contribution is 7.98. The number of azo groups is 2. The minimum absolute atomic E-state index is 0.0721. The molecule has 1 aliphatic rings. The second kappa shape index (κ2) is 20.8. The maximum atomic E-state index is 12.2. The summed E-state index contributed by atoms with van der Waals surface area (Å²) in [6.45, 7) is 8.83. The first kappa shape index (κ1) is 49.1. The van der Waals surface area contributed by atoms with Crippen LogP contribution in [0.2, 0.25) is 0 Å². The van der Waals surface area contributed by atoms with Crippen LogP contribution in [0, 0.1) is 0 Å². The Kier molecular flexibility index (Phi) is 14.6. The zero-order chi connectivity index (χ0) is 49.3. The van der Waals surface area contributed by atoms with E-state index >= 15 is 0 Å². The van der Waals surface area contributed by atoms with E-state index in [4.69, 9.17) is 39.0 Å². The third kappa shape index (κ3) is 9.88. The van der Waals surface area contributed by atoms with Crippen LogP contribution in [0.25, 0.3) is 20.4 Å². The summed E-state index contributed by atoms with van der Waals surface area (Å²) in [6.07, 6.45) is 0. The number of aromatic nitrogens is 5. The van der Waals surface area contributed by atoms with Crippen LogP contribution in [-0.4, -0.2) is 84.7 Å². The lowest BCUT2D eigenvalue weighted by molar-refractivity contribution is 0.406. The highest BCUT2D eigenvalue weighted by Gasteiger charge is 2.28. The molecule has 1 aliphatic heterocycles. The number of hydrogen-bond acceptors (Lipinski definition) is 25. The summed E-state index contributed by atoms with van der Waals surface area (Å²) in [5.41, 5.74) is 5.50. The van der Waals surface area contributed by atoms with Crippen LogP contribution in [-0.2, 0) is 22.4 Å². The summed E-state index contributed by atoms with van der Waals surface area (Å²) in [7, 11) is 1.49. The number of thioether (sulfide) groups is 1. The van der Waals surface area contributed by atoms with Crippen LogP contribution in [0.4, 0.5) is 56.0 Å². The van der Waals surface area contributed by atoms with Gasteiger partial charge in [-0.15, -0.1) is 44.4 Å². The number of fused-ring (bicyclic) bond motifs is 8. The second-order valence-electron chi connectivity index (χ2n) is 15.0. The van der Waals surface area contributed by atoms with E-state index in [2.05, 4.69) is 96.1 Å². The highest BCUT2D eigenvalue weighted by atomic mass is 32.3. The molecule has 0 saturated heterocycles. The second-order valence-corrected chi connectivity index (χ2v) is 21.8. The molecule has 0 atom stereocenters. The average Bonchev–Trinajstić information content (AvgIpc) is 4.12. The molecule has 0 amide bonds. The maximum Gasteiger partial charge on any atom is 0.307 e. The third-order valence-corrected chi connectivity index (χ3v) is 17.3. The summed E-state index contributed by atoms with van der Waals surface area (Å²) in [4.78, 5) is 20.1. The van der Waals surface area contributed by atoms with E-state index in [1.807, 2.05) is 24.3 Å². The van der Waals surface area contributed by atoms with Gasteiger partial charge in [0.1, 0.15) is 36.7 Å². The lowest BCUT2D eigenvalue weighted by Crippen LogP contribution is -2.23. The van der Waals surface area contributed by atoms with Gasteiger partial charge in [-0.2, -0.15) is 32.1 Å². The number of ether oxygens (including phenoxy) is 4. The maximum absolute atomic E-state index is 12.2. The lowest BCUT2D eigenvalue weighted by atomic mass is 10.1. The number of nitrogens with one attached hydrogen (secondary N) is 2. The smallest absolute Gasteiger partial charge is 0.307 e. The van der Waals surface area contributed by atoms with Crippen molar-refractivity contribution in [1.29, 1.82) is 0 Å². The van der Waals surface area contributed by atoms with Crippen molar-refractivity contribution in [3.05, 3.63) is 59.7 Å². The Labute approximate surface area is 427 Å². The van der Waals surface area contributed by atoms with E-state index in [0.717, 1.165) is 55.6 Å². The molecule has 6 heterocycles. The predicted molar refractivity (Wildman–Crippen MR) is 282 cm³/mol. The highest BCUT2D eigenvalue weighted by Crippen LogP contribution is 2.50. The van der Waals surface area contributed by atoms with Gasteiger partial charge in [-0.05, 0) is 67.1 Å². The van der Waals surface area contributed by atoms with Crippen molar-refractivity contribution in [2.75, 3.05) is 68.5 Å². The summed E-state index contributed by atoms with van der Waals surface area (Å²) in [5.74, 6) is 2.56. The van der Waals surface area contributed by atoms with Crippen LogP contribution in [0.5, 0.6) is 23.0 Å². The molecule has 9 rings (SSSR count). The molecular formula is C43H43N13O7S7. The summed E-state index contributed by atoms with van der Waals surface area (Å²) < 4.78 is 66.7. The Hall–Kier alpha value is -5.94. The van der Waals surface area contributed by atoms with Crippen LogP contribution < -0.4 is 39.4 Å². The van der Waals surface area contributed by atoms with E-state index in [1.54, 1.807) is 27.4 Å². The lowest BCUT2D eigenvalue weighted by Gasteiger charge is -2.27. The molecule has 3 aromatic carbocycles. The molecular weight excluding hydrogens is 1040 g/mol. The molecule has 0 aliphatic carbocycles. The normalized spacial score (nSPS) is 13.0. The van der Waals surface area contributed by atoms with Crippen LogP contribution in [0.1, 0.15) is 31.9 Å². The number of rotatable bonds is 15. The molecule has 0 saturated carbocycles.